The van der Waals surface area contributed by atoms with Gasteiger partial charge in [0.05, 0.1) is 19.1 Å². The number of carbonyl (C=O) groups is 1. The first kappa shape index (κ1) is 21.9. The van der Waals surface area contributed by atoms with E-state index in [1.54, 1.807) is 38.5 Å². The number of hydrogen-bond donors (Lipinski definition) is 0. The topological polar surface area (TPSA) is 78.9 Å². The number of fused-ring (bicyclic) bond motifs is 1. The molecule has 0 unspecified atom stereocenters. The lowest BCUT2D eigenvalue weighted by Gasteiger charge is -2.19. The fourth-order valence-corrected chi connectivity index (χ4v) is 4.62. The van der Waals surface area contributed by atoms with Gasteiger partial charge in [-0.25, -0.2) is 8.42 Å². The Balaban J connectivity index is 1.71. The number of benzene rings is 3. The van der Waals surface area contributed by atoms with Gasteiger partial charge in [-0.1, -0.05) is 30.3 Å². The van der Waals surface area contributed by atoms with Crippen molar-refractivity contribution in [3.05, 3.63) is 71.3 Å². The third-order valence-corrected chi connectivity index (χ3v) is 6.73. The lowest BCUT2D eigenvalue weighted by atomic mass is 9.95. The summed E-state index contributed by atoms with van der Waals surface area (Å²) in [4.78, 5) is 12.5. The number of ketones is 1. The van der Waals surface area contributed by atoms with Crippen molar-refractivity contribution in [2.24, 2.45) is 0 Å². The monoisotopic (exact) mass is 452 g/mol. The second-order valence-electron chi connectivity index (χ2n) is 7.64. The summed E-state index contributed by atoms with van der Waals surface area (Å²) < 4.78 is 40.7. The largest absolute Gasteiger partial charge is 0.493 e. The molecule has 0 heterocycles. The van der Waals surface area contributed by atoms with Crippen molar-refractivity contribution in [2.45, 2.75) is 24.3 Å². The van der Waals surface area contributed by atoms with Crippen molar-refractivity contribution >= 4 is 15.6 Å². The smallest absolute Gasteiger partial charge is 0.204 e. The van der Waals surface area contributed by atoms with Gasteiger partial charge in [-0.15, -0.1) is 0 Å². The quantitative estimate of drug-likeness (QED) is 0.526. The predicted molar refractivity (Wildman–Crippen MR) is 122 cm³/mol. The van der Waals surface area contributed by atoms with Gasteiger partial charge in [-0.3, -0.25) is 4.79 Å². The van der Waals surface area contributed by atoms with Gasteiger partial charge < -0.3 is 14.2 Å². The first-order valence-corrected chi connectivity index (χ1v) is 12.0. The lowest BCUT2D eigenvalue weighted by molar-refractivity contribution is 0.0994. The second-order valence-corrected chi connectivity index (χ2v) is 9.65. The zero-order chi connectivity index (χ0) is 22.9. The maximum atomic E-state index is 12.2. The van der Waals surface area contributed by atoms with Crippen LogP contribution in [0.2, 0.25) is 0 Å². The number of ether oxygens (including phenoxy) is 3. The zero-order valence-electron chi connectivity index (χ0n) is 18.2. The Hall–Kier alpha value is -3.32. The molecule has 0 aromatic heterocycles. The molecule has 0 fully saturated rings. The van der Waals surface area contributed by atoms with Crippen LogP contribution in [0.25, 0.3) is 11.1 Å². The Kier molecular flexibility index (Phi) is 5.93. The van der Waals surface area contributed by atoms with Crippen LogP contribution in [-0.2, 0) is 22.9 Å². The van der Waals surface area contributed by atoms with Gasteiger partial charge in [0.1, 0.15) is 6.61 Å². The van der Waals surface area contributed by atoms with Crippen LogP contribution in [0.1, 0.15) is 27.9 Å². The molecule has 166 valence electrons. The number of methoxy groups -OCH3 is 2. The minimum atomic E-state index is -3.26. The summed E-state index contributed by atoms with van der Waals surface area (Å²) in [5, 5.41) is 0. The molecule has 7 heteroatoms. The van der Waals surface area contributed by atoms with E-state index in [1.807, 2.05) is 30.3 Å². The fraction of sp³-hybridized carbons (Fsp3) is 0.240. The van der Waals surface area contributed by atoms with E-state index in [2.05, 4.69) is 0 Å². The molecule has 0 spiro atoms. The van der Waals surface area contributed by atoms with Crippen LogP contribution in [0.15, 0.2) is 59.5 Å². The summed E-state index contributed by atoms with van der Waals surface area (Å²) in [5.41, 5.74) is 4.34. The van der Waals surface area contributed by atoms with Crippen LogP contribution in [0.3, 0.4) is 0 Å². The van der Waals surface area contributed by atoms with Crippen LogP contribution < -0.4 is 14.2 Å². The van der Waals surface area contributed by atoms with Gasteiger partial charge in [0.2, 0.25) is 5.75 Å². The molecule has 0 amide bonds. The predicted octanol–water partition coefficient (Wildman–Crippen LogP) is 4.48. The Labute approximate surface area is 187 Å². The van der Waals surface area contributed by atoms with E-state index in [9.17, 15) is 13.2 Å². The highest BCUT2D eigenvalue weighted by atomic mass is 32.2. The molecule has 32 heavy (non-hydrogen) atoms. The molecule has 3 aromatic carbocycles. The molecular weight excluding hydrogens is 428 g/mol. The van der Waals surface area contributed by atoms with E-state index in [1.165, 1.54) is 6.26 Å². The summed E-state index contributed by atoms with van der Waals surface area (Å²) in [6.45, 7) is 0.200. The normalized spacial score (nSPS) is 13.0. The summed E-state index contributed by atoms with van der Waals surface area (Å²) >= 11 is 0. The van der Waals surface area contributed by atoms with Crippen LogP contribution in [0, 0.1) is 0 Å². The number of Topliss-reactive ketones (excluding diaryl/α,β-unsaturated/α-hetero) is 1. The number of carbonyl (C=O) groups excluding carboxylic acids is 1. The Morgan fingerprint density at radius 1 is 0.812 bits per heavy atom. The Bertz CT molecular complexity index is 1280. The molecule has 0 bridgehead atoms. The summed E-state index contributed by atoms with van der Waals surface area (Å²) in [6, 6.07) is 16.0. The van der Waals surface area contributed by atoms with Crippen molar-refractivity contribution in [2.75, 3.05) is 20.5 Å². The molecule has 3 aromatic rings. The molecule has 0 saturated carbocycles. The highest BCUT2D eigenvalue weighted by Gasteiger charge is 2.25. The molecule has 0 N–H and O–H groups in total. The Morgan fingerprint density at radius 3 is 2.19 bits per heavy atom. The highest BCUT2D eigenvalue weighted by molar-refractivity contribution is 7.90. The molecular formula is C25H24O6S. The zero-order valence-corrected chi connectivity index (χ0v) is 19.0. The molecule has 0 saturated heterocycles. The SMILES string of the molecule is COc1ccc(-c2cccc3c2CCC3=O)c(OC)c1OCc1ccc(S(C)(=O)=O)cc1. The van der Waals surface area contributed by atoms with Gasteiger partial charge in [0, 0.05) is 23.8 Å². The maximum absolute atomic E-state index is 12.2. The van der Waals surface area contributed by atoms with Crippen molar-refractivity contribution in [3.8, 4) is 28.4 Å². The third kappa shape index (κ3) is 4.08. The summed E-state index contributed by atoms with van der Waals surface area (Å²) in [5.74, 6) is 1.64. The maximum Gasteiger partial charge on any atom is 0.204 e. The molecule has 0 atom stereocenters. The van der Waals surface area contributed by atoms with Crippen LogP contribution in [0.4, 0.5) is 0 Å². The summed E-state index contributed by atoms with van der Waals surface area (Å²) in [7, 11) is -0.132. The minimum absolute atomic E-state index is 0.156. The first-order chi connectivity index (χ1) is 15.3. The molecule has 1 aliphatic carbocycles. The number of hydrogen-bond acceptors (Lipinski definition) is 6. The molecule has 6 nitrogen and oxygen atoms in total. The average molecular weight is 453 g/mol. The van der Waals surface area contributed by atoms with E-state index in [0.29, 0.717) is 30.1 Å². The molecule has 0 aliphatic heterocycles. The van der Waals surface area contributed by atoms with E-state index >= 15 is 0 Å². The lowest BCUT2D eigenvalue weighted by Crippen LogP contribution is -2.03. The number of rotatable bonds is 7. The Morgan fingerprint density at radius 2 is 1.53 bits per heavy atom. The fourth-order valence-electron chi connectivity index (χ4n) is 3.99. The first-order valence-electron chi connectivity index (χ1n) is 10.2. The average Bonchev–Trinajstić information content (AvgIpc) is 3.17. The van der Waals surface area contributed by atoms with Crippen molar-refractivity contribution < 1.29 is 27.4 Å². The second kappa shape index (κ2) is 8.67. The van der Waals surface area contributed by atoms with Crippen LogP contribution in [-0.4, -0.2) is 34.7 Å². The summed E-state index contributed by atoms with van der Waals surface area (Å²) in [6.07, 6.45) is 2.38. The molecule has 0 radical (unpaired) electrons. The van der Waals surface area contributed by atoms with Gasteiger partial charge in [0.25, 0.3) is 0 Å². The molecule has 1 aliphatic rings. The van der Waals surface area contributed by atoms with Gasteiger partial charge in [-0.2, -0.15) is 0 Å². The minimum Gasteiger partial charge on any atom is -0.493 e. The van der Waals surface area contributed by atoms with E-state index in [-0.39, 0.29) is 17.3 Å². The van der Waals surface area contributed by atoms with E-state index in [4.69, 9.17) is 14.2 Å². The van der Waals surface area contributed by atoms with Gasteiger partial charge in [0.15, 0.2) is 27.1 Å². The highest BCUT2D eigenvalue weighted by Crippen LogP contribution is 2.46. The van der Waals surface area contributed by atoms with Crippen LogP contribution in [0.5, 0.6) is 17.2 Å². The van der Waals surface area contributed by atoms with Gasteiger partial charge in [-0.05, 0) is 47.4 Å². The van der Waals surface area contributed by atoms with Crippen molar-refractivity contribution in [3.63, 3.8) is 0 Å². The van der Waals surface area contributed by atoms with Gasteiger partial charge >= 0.3 is 0 Å². The standard InChI is InChI=1S/C25H24O6S/c1-29-23-14-12-21(18-5-4-6-20-19(18)11-13-22(20)26)24(30-2)25(23)31-15-16-7-9-17(10-8-16)32(3,27)28/h4-10,12,14H,11,13,15H2,1-3H3. The van der Waals surface area contributed by atoms with Crippen molar-refractivity contribution in [1.82, 2.24) is 0 Å². The van der Waals surface area contributed by atoms with E-state index < -0.39 is 9.84 Å². The molecule has 4 rings (SSSR count). The van der Waals surface area contributed by atoms with E-state index in [0.717, 1.165) is 27.8 Å². The van der Waals surface area contributed by atoms with Crippen molar-refractivity contribution in [1.29, 1.82) is 0 Å². The van der Waals surface area contributed by atoms with Crippen LogP contribution >= 0.6 is 0 Å². The third-order valence-electron chi connectivity index (χ3n) is 5.60. The number of sulfone groups is 1.